The molecule has 1 N–H and O–H groups in total. The maximum absolute atomic E-state index is 9.97. The molecule has 69 heavy (non-hydrogen) atoms. The van der Waals surface area contributed by atoms with E-state index in [1.54, 1.807) is 11.0 Å². The highest BCUT2D eigenvalue weighted by Crippen LogP contribution is 2.27. The van der Waals surface area contributed by atoms with E-state index in [-0.39, 0.29) is 28.0 Å². The Morgan fingerprint density at radius 2 is 0.797 bits per heavy atom. The number of ether oxygens (including phenoxy) is 7. The van der Waals surface area contributed by atoms with Crippen LogP contribution < -0.4 is 0 Å². The molecule has 0 amide bonds. The summed E-state index contributed by atoms with van der Waals surface area (Å²) in [4.78, 5) is 13.6. The minimum absolute atomic E-state index is 0.00497. The first-order valence-corrected chi connectivity index (χ1v) is 26.8. The third-order valence-electron chi connectivity index (χ3n) is 11.5. The molecule has 4 aliphatic heterocycles. The fourth-order valence-electron chi connectivity index (χ4n) is 7.60. The van der Waals surface area contributed by atoms with Crippen LogP contribution in [0.5, 0.6) is 0 Å². The summed E-state index contributed by atoms with van der Waals surface area (Å²) < 4.78 is 40.6. The molecule has 0 aromatic carbocycles. The van der Waals surface area contributed by atoms with Crippen molar-refractivity contribution < 1.29 is 38.3 Å². The first kappa shape index (κ1) is 65.7. The summed E-state index contributed by atoms with van der Waals surface area (Å²) in [6.07, 6.45) is 10.7. The van der Waals surface area contributed by atoms with E-state index in [2.05, 4.69) is 113 Å². The van der Waals surface area contributed by atoms with Gasteiger partial charge in [-0.3, -0.25) is 14.5 Å². The highest BCUT2D eigenvalue weighted by molar-refractivity contribution is 4.83. The molecule has 4 aliphatic rings. The summed E-state index contributed by atoms with van der Waals surface area (Å²) in [6, 6.07) is 0. The molecule has 0 spiro atoms. The molecule has 410 valence electrons. The first-order valence-electron chi connectivity index (χ1n) is 26.8. The van der Waals surface area contributed by atoms with E-state index in [0.29, 0.717) is 12.5 Å². The van der Waals surface area contributed by atoms with E-state index in [9.17, 15) is 5.11 Å². The number of nitrogens with zero attached hydrogens (tertiary/aromatic N) is 7. The number of rotatable bonds is 17. The van der Waals surface area contributed by atoms with Crippen LogP contribution in [0, 0.1) is 5.92 Å². The molecule has 4 fully saturated rings. The second kappa shape index (κ2) is 34.2. The van der Waals surface area contributed by atoms with Gasteiger partial charge in [0, 0.05) is 59.0 Å². The molecule has 0 radical (unpaired) electrons. The fraction of sp³-hybridized carbons (Fsp3) is 0.963. The summed E-state index contributed by atoms with van der Waals surface area (Å²) in [5.74, 6) is 0.447. The van der Waals surface area contributed by atoms with Crippen LogP contribution in [0.2, 0.25) is 0 Å². The zero-order valence-corrected chi connectivity index (χ0v) is 48.0. The third-order valence-corrected chi connectivity index (χ3v) is 11.5. The Balaban J connectivity index is 0.000000433. The van der Waals surface area contributed by atoms with Gasteiger partial charge in [-0.15, -0.1) is 0 Å². The van der Waals surface area contributed by atoms with E-state index in [1.807, 2.05) is 34.6 Å². The lowest BCUT2D eigenvalue weighted by atomic mass is 9.83. The maximum Gasteiger partial charge on any atom is 0.137 e. The van der Waals surface area contributed by atoms with Gasteiger partial charge in [0.05, 0.1) is 93.0 Å². The standard InChI is InChI=1S/C14H29NO2.C11H23NO2.C11H23NO.C10H21NO2.C8H15N3O/c1-13(2,3)17-11-10-15-8-6-12(7-9-15)14(4,5)16;1-11(2,3)14-8-4-5-12-6-9-13-10-7-12;1-11(2,3)13-10-9-12-7-5-4-6-8-12;1-10(2,3)13-9-6-11-4-7-12-8-5-11;1-8(2,3)12-5-4-11-7-9-6-10-11/h12,16H,6-11H2,1-5H3;4-10H2,1-3H3;4-10H2,1-3H3;4-9H2,1-3H3;6-7H,4-5H2,1-3H3. The smallest absolute Gasteiger partial charge is 0.137 e. The third kappa shape index (κ3) is 41.8. The molecular weight excluding hydrogens is 875 g/mol. The molecule has 1 aromatic rings. The number of piperidine rings is 2. The molecule has 0 unspecified atom stereocenters. The van der Waals surface area contributed by atoms with E-state index in [0.717, 1.165) is 144 Å². The molecule has 0 atom stereocenters. The molecule has 15 heteroatoms. The number of aromatic nitrogens is 3. The van der Waals surface area contributed by atoms with Crippen molar-refractivity contribution in [3.63, 3.8) is 0 Å². The Morgan fingerprint density at radius 3 is 1.16 bits per heavy atom. The lowest BCUT2D eigenvalue weighted by Crippen LogP contribution is -2.43. The van der Waals surface area contributed by atoms with Crippen molar-refractivity contribution >= 4 is 0 Å². The number of hydrogen-bond donors (Lipinski definition) is 1. The average molecular weight is 987 g/mol. The van der Waals surface area contributed by atoms with E-state index < -0.39 is 5.60 Å². The van der Waals surface area contributed by atoms with Gasteiger partial charge in [0.15, 0.2) is 0 Å². The lowest BCUT2D eigenvalue weighted by molar-refractivity contribution is -0.0331. The normalized spacial score (nSPS) is 19.0. The summed E-state index contributed by atoms with van der Waals surface area (Å²) in [6.45, 7) is 56.7. The van der Waals surface area contributed by atoms with Crippen LogP contribution in [0.25, 0.3) is 0 Å². The van der Waals surface area contributed by atoms with Crippen molar-refractivity contribution in [2.75, 3.05) is 138 Å². The second-order valence-electron chi connectivity index (χ2n) is 24.4. The Bertz CT molecular complexity index is 1280. The van der Waals surface area contributed by atoms with Gasteiger partial charge in [-0.05, 0) is 182 Å². The maximum atomic E-state index is 9.97. The van der Waals surface area contributed by atoms with Crippen LogP contribution in [0.15, 0.2) is 12.7 Å². The Kier molecular flexibility index (Phi) is 32.6. The Morgan fingerprint density at radius 1 is 0.449 bits per heavy atom. The van der Waals surface area contributed by atoms with Crippen LogP contribution in [0.1, 0.15) is 156 Å². The van der Waals surface area contributed by atoms with Crippen LogP contribution >= 0.6 is 0 Å². The SMILES string of the molecule is CC(C)(C)OCCCN1CCOCC1.CC(C)(C)OCCN1CCC(C(C)(C)O)CC1.CC(C)(C)OCCN1CCCCC1.CC(C)(C)OCCN1CCOCC1.CC(C)(C)OCCn1cncn1. The number of hydrogen-bond acceptors (Lipinski definition) is 14. The monoisotopic (exact) mass is 986 g/mol. The quantitative estimate of drug-likeness (QED) is 0.150. The molecular formula is C54H111N7O8. The molecule has 5 rings (SSSR count). The van der Waals surface area contributed by atoms with Gasteiger partial charge in [0.2, 0.25) is 0 Å². The van der Waals surface area contributed by atoms with Crippen molar-refractivity contribution in [1.82, 2.24) is 34.4 Å². The van der Waals surface area contributed by atoms with Gasteiger partial charge in [0.1, 0.15) is 12.7 Å². The molecule has 0 aliphatic carbocycles. The van der Waals surface area contributed by atoms with Crippen LogP contribution in [0.3, 0.4) is 0 Å². The minimum atomic E-state index is -0.520. The van der Waals surface area contributed by atoms with Crippen molar-refractivity contribution in [3.05, 3.63) is 12.7 Å². The Labute approximate surface area is 424 Å². The minimum Gasteiger partial charge on any atom is -0.390 e. The van der Waals surface area contributed by atoms with Gasteiger partial charge in [-0.2, -0.15) is 5.10 Å². The van der Waals surface area contributed by atoms with Gasteiger partial charge in [-0.1, -0.05) is 6.42 Å². The van der Waals surface area contributed by atoms with Crippen LogP contribution in [0.4, 0.5) is 0 Å². The van der Waals surface area contributed by atoms with Gasteiger partial charge < -0.3 is 48.1 Å². The predicted octanol–water partition coefficient (Wildman–Crippen LogP) is 8.32. The molecule has 0 saturated carbocycles. The molecule has 15 nitrogen and oxygen atoms in total. The average Bonchev–Trinajstić information content (AvgIpc) is 3.76. The highest BCUT2D eigenvalue weighted by atomic mass is 16.5. The zero-order chi connectivity index (χ0) is 52.0. The molecule has 4 saturated heterocycles. The largest absolute Gasteiger partial charge is 0.390 e. The summed E-state index contributed by atoms with van der Waals surface area (Å²) in [5, 5.41) is 13.9. The zero-order valence-electron chi connectivity index (χ0n) is 48.0. The van der Waals surface area contributed by atoms with E-state index in [1.165, 1.54) is 38.7 Å². The van der Waals surface area contributed by atoms with Gasteiger partial charge >= 0.3 is 0 Å². The number of aliphatic hydroxyl groups is 1. The predicted molar refractivity (Wildman–Crippen MR) is 283 cm³/mol. The second-order valence-corrected chi connectivity index (χ2v) is 24.4. The topological polar surface area (TPSA) is 129 Å². The van der Waals surface area contributed by atoms with Crippen molar-refractivity contribution in [2.45, 2.75) is 196 Å². The highest BCUT2D eigenvalue weighted by Gasteiger charge is 2.30. The lowest BCUT2D eigenvalue weighted by Gasteiger charge is -2.38. The number of morpholine rings is 2. The summed E-state index contributed by atoms with van der Waals surface area (Å²) in [5.41, 5.74) is -0.604. The summed E-state index contributed by atoms with van der Waals surface area (Å²) >= 11 is 0. The van der Waals surface area contributed by atoms with Crippen molar-refractivity contribution in [3.8, 4) is 0 Å². The first-order chi connectivity index (χ1) is 32.0. The summed E-state index contributed by atoms with van der Waals surface area (Å²) in [7, 11) is 0. The van der Waals surface area contributed by atoms with Crippen molar-refractivity contribution in [1.29, 1.82) is 0 Å². The molecule has 5 heterocycles. The van der Waals surface area contributed by atoms with Crippen LogP contribution in [-0.2, 0) is 39.7 Å². The van der Waals surface area contributed by atoms with E-state index >= 15 is 0 Å². The molecule has 0 bridgehead atoms. The number of likely N-dealkylation sites (tertiary alicyclic amines) is 2. The Hall–Kier alpha value is -1.34. The molecule has 1 aromatic heterocycles. The van der Waals surface area contributed by atoms with Crippen LogP contribution in [-0.4, -0.2) is 211 Å². The van der Waals surface area contributed by atoms with Crippen molar-refractivity contribution in [2.24, 2.45) is 5.92 Å². The fourth-order valence-corrected chi connectivity index (χ4v) is 7.60. The van der Waals surface area contributed by atoms with E-state index in [4.69, 9.17) is 33.2 Å². The van der Waals surface area contributed by atoms with Gasteiger partial charge in [-0.25, -0.2) is 4.98 Å². The van der Waals surface area contributed by atoms with Gasteiger partial charge in [0.25, 0.3) is 0 Å².